The molecule has 1 atom stereocenters. The van der Waals surface area contributed by atoms with Crippen LogP contribution in [0.5, 0.6) is 0 Å². The van der Waals surface area contributed by atoms with Crippen molar-refractivity contribution in [2.24, 2.45) is 0 Å². The largest absolute Gasteiger partial charge is 0.313 e. The molecule has 0 amide bonds. The summed E-state index contributed by atoms with van der Waals surface area (Å²) < 4.78 is 27.6. The van der Waals surface area contributed by atoms with Gasteiger partial charge in [-0.3, -0.25) is 0 Å². The lowest BCUT2D eigenvalue weighted by molar-refractivity contribution is 0.283. The van der Waals surface area contributed by atoms with Crippen molar-refractivity contribution in [2.45, 2.75) is 56.3 Å². The molecule has 1 aromatic rings. The normalized spacial score (nSPS) is 20.8. The number of hydrogen-bond donors (Lipinski definition) is 1. The van der Waals surface area contributed by atoms with Crippen LogP contribution in [0.4, 0.5) is 0 Å². The second-order valence-electron chi connectivity index (χ2n) is 5.68. The van der Waals surface area contributed by atoms with E-state index >= 15 is 0 Å². The van der Waals surface area contributed by atoms with Gasteiger partial charge in [0.05, 0.1) is 0 Å². The van der Waals surface area contributed by atoms with Crippen LogP contribution in [0.1, 0.15) is 38.0 Å². The van der Waals surface area contributed by atoms with Gasteiger partial charge in [-0.05, 0) is 52.3 Å². The van der Waals surface area contributed by atoms with E-state index in [0.717, 1.165) is 17.8 Å². The van der Waals surface area contributed by atoms with Gasteiger partial charge in [0, 0.05) is 23.5 Å². The molecule has 0 spiro atoms. The SMILES string of the molecule is Cc1ccc(S(=O)(=O)N(CC2CCCCN2)C(C)C)s1. The fourth-order valence-corrected chi connectivity index (χ4v) is 5.64. The van der Waals surface area contributed by atoms with Crippen LogP contribution < -0.4 is 5.32 Å². The summed E-state index contributed by atoms with van der Waals surface area (Å²) in [5, 5.41) is 3.43. The van der Waals surface area contributed by atoms with Crippen molar-refractivity contribution in [3.05, 3.63) is 17.0 Å². The number of rotatable bonds is 5. The first-order chi connectivity index (χ1) is 9.41. The molecule has 1 aromatic heterocycles. The molecule has 2 heterocycles. The molecule has 2 rings (SSSR count). The zero-order chi connectivity index (χ0) is 14.8. The fraction of sp³-hybridized carbons (Fsp3) is 0.714. The highest BCUT2D eigenvalue weighted by atomic mass is 32.2. The zero-order valence-corrected chi connectivity index (χ0v) is 14.1. The second kappa shape index (κ2) is 6.56. The molecule has 114 valence electrons. The molecule has 1 N–H and O–H groups in total. The van der Waals surface area contributed by atoms with Crippen molar-refractivity contribution in [1.82, 2.24) is 9.62 Å². The van der Waals surface area contributed by atoms with Gasteiger partial charge in [-0.15, -0.1) is 11.3 Å². The highest BCUT2D eigenvalue weighted by Gasteiger charge is 2.30. The Hall–Kier alpha value is -0.430. The second-order valence-corrected chi connectivity index (χ2v) is 9.09. The fourth-order valence-electron chi connectivity index (χ4n) is 2.55. The Morgan fingerprint density at radius 3 is 2.65 bits per heavy atom. The summed E-state index contributed by atoms with van der Waals surface area (Å²) in [6, 6.07) is 3.85. The molecule has 1 fully saturated rings. The van der Waals surface area contributed by atoms with Crippen LogP contribution in [0, 0.1) is 6.92 Å². The van der Waals surface area contributed by atoms with Crippen LogP contribution in [0.15, 0.2) is 16.3 Å². The van der Waals surface area contributed by atoms with Gasteiger partial charge in [0.15, 0.2) is 0 Å². The van der Waals surface area contributed by atoms with Gasteiger partial charge < -0.3 is 5.32 Å². The monoisotopic (exact) mass is 316 g/mol. The lowest BCUT2D eigenvalue weighted by Gasteiger charge is -2.32. The smallest absolute Gasteiger partial charge is 0.252 e. The first kappa shape index (κ1) is 15.9. The molecule has 6 heteroatoms. The first-order valence-electron chi connectivity index (χ1n) is 7.23. The van der Waals surface area contributed by atoms with E-state index in [-0.39, 0.29) is 12.1 Å². The van der Waals surface area contributed by atoms with Crippen molar-refractivity contribution in [2.75, 3.05) is 13.1 Å². The van der Waals surface area contributed by atoms with Gasteiger partial charge in [0.1, 0.15) is 4.21 Å². The van der Waals surface area contributed by atoms with E-state index in [1.165, 1.54) is 24.2 Å². The Bertz CT molecular complexity index is 531. The Morgan fingerprint density at radius 1 is 1.40 bits per heavy atom. The molecule has 0 aromatic carbocycles. The van der Waals surface area contributed by atoms with E-state index in [1.54, 1.807) is 10.4 Å². The number of aryl methyl sites for hydroxylation is 1. The van der Waals surface area contributed by atoms with Gasteiger partial charge in [-0.25, -0.2) is 8.42 Å². The van der Waals surface area contributed by atoms with Crippen LogP contribution in [-0.4, -0.2) is 37.9 Å². The third-order valence-corrected chi connectivity index (χ3v) is 7.18. The molecular weight excluding hydrogens is 292 g/mol. The molecule has 1 aliphatic rings. The van der Waals surface area contributed by atoms with Gasteiger partial charge >= 0.3 is 0 Å². The van der Waals surface area contributed by atoms with Gasteiger partial charge in [0.25, 0.3) is 10.0 Å². The molecule has 1 saturated heterocycles. The molecule has 0 radical (unpaired) electrons. The van der Waals surface area contributed by atoms with E-state index < -0.39 is 10.0 Å². The Labute approximate surface area is 126 Å². The standard InChI is InChI=1S/C14H24N2O2S2/c1-11(2)16(10-13-6-4-5-9-15-13)20(17,18)14-8-7-12(3)19-14/h7-8,11,13,15H,4-6,9-10H2,1-3H3. The number of piperidine rings is 1. The van der Waals surface area contributed by atoms with Gasteiger partial charge in [-0.2, -0.15) is 4.31 Å². The number of hydrogen-bond acceptors (Lipinski definition) is 4. The minimum atomic E-state index is -3.37. The van der Waals surface area contributed by atoms with Crippen molar-refractivity contribution in [3.8, 4) is 0 Å². The Morgan fingerprint density at radius 2 is 2.15 bits per heavy atom. The molecule has 1 aliphatic heterocycles. The minimum absolute atomic E-state index is 0.0221. The maximum absolute atomic E-state index is 12.8. The number of thiophene rings is 1. The molecule has 1 unspecified atom stereocenters. The summed E-state index contributed by atoms with van der Waals surface area (Å²) in [6.45, 7) is 7.39. The van der Waals surface area contributed by atoms with E-state index in [2.05, 4.69) is 5.32 Å². The van der Waals surface area contributed by atoms with Crippen LogP contribution in [0.3, 0.4) is 0 Å². The average molecular weight is 316 g/mol. The summed E-state index contributed by atoms with van der Waals surface area (Å²) >= 11 is 1.35. The molecule has 0 aliphatic carbocycles. The van der Waals surface area contributed by atoms with Crippen LogP contribution in [-0.2, 0) is 10.0 Å². The highest BCUT2D eigenvalue weighted by molar-refractivity contribution is 7.91. The lowest BCUT2D eigenvalue weighted by atomic mass is 10.1. The number of sulfonamides is 1. The maximum atomic E-state index is 12.8. The third-order valence-electron chi connectivity index (χ3n) is 3.67. The summed E-state index contributed by atoms with van der Waals surface area (Å²) in [5.41, 5.74) is 0. The average Bonchev–Trinajstić information content (AvgIpc) is 2.84. The lowest BCUT2D eigenvalue weighted by Crippen LogP contribution is -2.48. The van der Waals surface area contributed by atoms with E-state index in [0.29, 0.717) is 10.8 Å². The third kappa shape index (κ3) is 3.61. The highest BCUT2D eigenvalue weighted by Crippen LogP contribution is 2.26. The van der Waals surface area contributed by atoms with Crippen molar-refractivity contribution < 1.29 is 8.42 Å². The summed E-state index contributed by atoms with van der Waals surface area (Å²) in [4.78, 5) is 1.03. The zero-order valence-electron chi connectivity index (χ0n) is 12.4. The minimum Gasteiger partial charge on any atom is -0.313 e. The molecule has 4 nitrogen and oxygen atoms in total. The van der Waals surface area contributed by atoms with Crippen LogP contribution in [0.25, 0.3) is 0 Å². The number of nitrogens with one attached hydrogen (secondary N) is 1. The predicted octanol–water partition coefficient (Wildman–Crippen LogP) is 2.60. The maximum Gasteiger partial charge on any atom is 0.252 e. The first-order valence-corrected chi connectivity index (χ1v) is 9.48. The van der Waals surface area contributed by atoms with E-state index in [4.69, 9.17) is 0 Å². The van der Waals surface area contributed by atoms with Crippen molar-refractivity contribution in [1.29, 1.82) is 0 Å². The van der Waals surface area contributed by atoms with Crippen LogP contribution >= 0.6 is 11.3 Å². The molecule has 20 heavy (non-hydrogen) atoms. The van der Waals surface area contributed by atoms with E-state index in [9.17, 15) is 8.42 Å². The number of nitrogens with zero attached hydrogens (tertiary/aromatic N) is 1. The van der Waals surface area contributed by atoms with Crippen LogP contribution in [0.2, 0.25) is 0 Å². The van der Waals surface area contributed by atoms with Crippen molar-refractivity contribution >= 4 is 21.4 Å². The molecule has 0 bridgehead atoms. The van der Waals surface area contributed by atoms with Crippen molar-refractivity contribution in [3.63, 3.8) is 0 Å². The Kier molecular flexibility index (Phi) is 5.23. The Balaban J connectivity index is 2.19. The quantitative estimate of drug-likeness (QED) is 0.908. The summed E-state index contributed by atoms with van der Waals surface area (Å²) in [6.07, 6.45) is 3.43. The summed E-state index contributed by atoms with van der Waals surface area (Å²) in [7, 11) is -3.37. The van der Waals surface area contributed by atoms with E-state index in [1.807, 2.05) is 26.8 Å². The molecular formula is C14H24N2O2S2. The molecule has 0 saturated carbocycles. The topological polar surface area (TPSA) is 49.4 Å². The van der Waals surface area contributed by atoms with Gasteiger partial charge in [-0.1, -0.05) is 6.42 Å². The van der Waals surface area contributed by atoms with Gasteiger partial charge in [0.2, 0.25) is 0 Å². The predicted molar refractivity (Wildman–Crippen MR) is 83.7 cm³/mol. The summed E-state index contributed by atoms with van der Waals surface area (Å²) in [5.74, 6) is 0.